The van der Waals surface area contributed by atoms with Crippen LogP contribution in [0.15, 0.2) is 33.6 Å². The molecule has 0 fully saturated rings. The summed E-state index contributed by atoms with van der Waals surface area (Å²) < 4.78 is 14.7. The van der Waals surface area contributed by atoms with Gasteiger partial charge in [-0.2, -0.15) is 4.40 Å². The van der Waals surface area contributed by atoms with Crippen LogP contribution in [0.3, 0.4) is 0 Å². The molecule has 1 aromatic rings. The Morgan fingerprint density at radius 1 is 1.43 bits per heavy atom. The Morgan fingerprint density at radius 3 is 2.57 bits per heavy atom. The number of carboxylic acids is 1. The zero-order valence-corrected chi connectivity index (χ0v) is 8.32. The van der Waals surface area contributed by atoms with Crippen LogP contribution in [0.25, 0.3) is 0 Å². The lowest BCUT2D eigenvalue weighted by Crippen LogP contribution is -1.82. The smallest absolute Gasteiger partial charge is 0.300 e. The van der Waals surface area contributed by atoms with E-state index in [0.717, 1.165) is 17.4 Å². The van der Waals surface area contributed by atoms with Gasteiger partial charge in [0.1, 0.15) is 0 Å². The molecule has 0 saturated heterocycles. The first-order valence-corrected chi connectivity index (χ1v) is 4.96. The van der Waals surface area contributed by atoms with Crippen LogP contribution in [-0.2, 0) is 15.8 Å². The van der Waals surface area contributed by atoms with Crippen molar-refractivity contribution in [3.8, 4) is 0 Å². The monoisotopic (exact) mass is 211 g/mol. The number of aliphatic carboxylic acids is 1. The van der Waals surface area contributed by atoms with E-state index in [1.54, 1.807) is 6.21 Å². The van der Waals surface area contributed by atoms with E-state index in [0.29, 0.717) is 0 Å². The minimum atomic E-state index is -1.13. The van der Waals surface area contributed by atoms with E-state index in [2.05, 4.69) is 4.40 Å². The Balaban J connectivity index is 0.000000213. The Labute approximate surface area is 83.9 Å². The van der Waals surface area contributed by atoms with E-state index in [9.17, 15) is 4.21 Å². The van der Waals surface area contributed by atoms with Crippen molar-refractivity contribution in [1.82, 2.24) is 0 Å². The van der Waals surface area contributed by atoms with E-state index in [1.807, 2.05) is 24.3 Å². The Hall–Kier alpha value is -1.49. The highest BCUT2D eigenvalue weighted by Crippen LogP contribution is 2.17. The summed E-state index contributed by atoms with van der Waals surface area (Å²) >= 11 is 0. The SMILES string of the molecule is CC(=O)O.O=S1N=Cc2ccccc21. The van der Waals surface area contributed by atoms with Crippen LogP contribution < -0.4 is 0 Å². The molecule has 1 aliphatic heterocycles. The van der Waals surface area contributed by atoms with Gasteiger partial charge in [0.05, 0.1) is 4.90 Å². The minimum Gasteiger partial charge on any atom is -0.481 e. The first-order chi connectivity index (χ1) is 6.61. The molecule has 0 bridgehead atoms. The molecule has 1 unspecified atom stereocenters. The second kappa shape index (κ2) is 4.66. The van der Waals surface area contributed by atoms with Gasteiger partial charge in [-0.3, -0.25) is 4.79 Å². The molecule has 1 aromatic carbocycles. The molecule has 1 N–H and O–H groups in total. The fraction of sp³-hybridized carbons (Fsp3) is 0.111. The molecule has 5 heteroatoms. The quantitative estimate of drug-likeness (QED) is 0.701. The zero-order valence-electron chi connectivity index (χ0n) is 7.51. The molecule has 0 saturated carbocycles. The summed E-state index contributed by atoms with van der Waals surface area (Å²) in [4.78, 5) is 9.82. The summed E-state index contributed by atoms with van der Waals surface area (Å²) in [6, 6.07) is 7.51. The number of benzene rings is 1. The molecule has 0 spiro atoms. The Bertz CT molecular complexity index is 397. The number of hydrogen-bond donors (Lipinski definition) is 1. The molecule has 0 amide bonds. The highest BCUT2D eigenvalue weighted by Gasteiger charge is 2.11. The van der Waals surface area contributed by atoms with Crippen molar-refractivity contribution in [1.29, 1.82) is 0 Å². The summed E-state index contributed by atoms with van der Waals surface area (Å²) in [7, 11) is -1.13. The third-order valence-electron chi connectivity index (χ3n) is 1.39. The molecule has 1 aliphatic rings. The normalized spacial score (nSPS) is 16.8. The molecule has 2 rings (SSSR count). The van der Waals surface area contributed by atoms with Crippen molar-refractivity contribution in [2.75, 3.05) is 0 Å². The zero-order chi connectivity index (χ0) is 10.6. The lowest BCUT2D eigenvalue weighted by Gasteiger charge is -1.90. The standard InChI is InChI=1S/C7H5NOS.C2H4O2/c9-10-7-4-2-1-3-6(7)5-8-10;1-2(3)4/h1-5H;1H3,(H,3,4). The van der Waals surface area contributed by atoms with Crippen LogP contribution >= 0.6 is 0 Å². The number of carboxylic acid groups (broad SMARTS) is 1. The average molecular weight is 211 g/mol. The first-order valence-electron chi connectivity index (χ1n) is 3.86. The lowest BCUT2D eigenvalue weighted by molar-refractivity contribution is -0.134. The van der Waals surface area contributed by atoms with Crippen LogP contribution in [-0.4, -0.2) is 21.5 Å². The van der Waals surface area contributed by atoms with Crippen LogP contribution in [0.4, 0.5) is 0 Å². The van der Waals surface area contributed by atoms with Crippen molar-refractivity contribution in [3.63, 3.8) is 0 Å². The molecular formula is C9H9NO3S. The van der Waals surface area contributed by atoms with E-state index in [4.69, 9.17) is 9.90 Å². The van der Waals surface area contributed by atoms with Gasteiger partial charge in [0.15, 0.2) is 11.0 Å². The summed E-state index contributed by atoms with van der Waals surface area (Å²) in [5, 5.41) is 7.42. The average Bonchev–Trinajstić information content (AvgIpc) is 2.48. The van der Waals surface area contributed by atoms with E-state index in [1.165, 1.54) is 0 Å². The van der Waals surface area contributed by atoms with Gasteiger partial charge in [-0.25, -0.2) is 4.21 Å². The molecule has 0 radical (unpaired) electrons. The third-order valence-corrected chi connectivity index (χ3v) is 2.44. The maximum Gasteiger partial charge on any atom is 0.300 e. The van der Waals surface area contributed by atoms with Gasteiger partial charge in [0, 0.05) is 18.7 Å². The number of rotatable bonds is 0. The maximum absolute atomic E-state index is 11.0. The van der Waals surface area contributed by atoms with Crippen LogP contribution in [0, 0.1) is 0 Å². The van der Waals surface area contributed by atoms with Gasteiger partial charge < -0.3 is 5.11 Å². The summed E-state index contributed by atoms with van der Waals surface area (Å²) in [6.07, 6.45) is 1.64. The van der Waals surface area contributed by atoms with Crippen molar-refractivity contribution in [2.45, 2.75) is 11.8 Å². The van der Waals surface area contributed by atoms with Gasteiger partial charge in [-0.15, -0.1) is 0 Å². The fourth-order valence-corrected chi connectivity index (χ4v) is 1.75. The van der Waals surface area contributed by atoms with Gasteiger partial charge in [0.2, 0.25) is 0 Å². The summed E-state index contributed by atoms with van der Waals surface area (Å²) in [5.74, 6) is -0.833. The van der Waals surface area contributed by atoms with Crippen molar-refractivity contribution < 1.29 is 14.1 Å². The molecular weight excluding hydrogens is 202 g/mol. The van der Waals surface area contributed by atoms with Crippen LogP contribution in [0.1, 0.15) is 12.5 Å². The number of fused-ring (bicyclic) bond motifs is 1. The molecule has 0 aliphatic carbocycles. The van der Waals surface area contributed by atoms with Crippen molar-refractivity contribution in [3.05, 3.63) is 29.8 Å². The maximum atomic E-state index is 11.0. The molecule has 14 heavy (non-hydrogen) atoms. The highest BCUT2D eigenvalue weighted by molar-refractivity contribution is 7.84. The highest BCUT2D eigenvalue weighted by atomic mass is 32.2. The van der Waals surface area contributed by atoms with Gasteiger partial charge in [0.25, 0.3) is 5.97 Å². The second-order valence-corrected chi connectivity index (χ2v) is 3.69. The topological polar surface area (TPSA) is 66.7 Å². The minimum absolute atomic E-state index is 0.822. The largest absolute Gasteiger partial charge is 0.481 e. The van der Waals surface area contributed by atoms with E-state index >= 15 is 0 Å². The van der Waals surface area contributed by atoms with Gasteiger partial charge in [-0.05, 0) is 6.07 Å². The van der Waals surface area contributed by atoms with Crippen LogP contribution in [0.5, 0.6) is 0 Å². The Kier molecular flexibility index (Phi) is 3.53. The summed E-state index contributed by atoms with van der Waals surface area (Å²) in [5.41, 5.74) is 0.973. The lowest BCUT2D eigenvalue weighted by atomic mass is 10.2. The predicted octanol–water partition coefficient (Wildman–Crippen LogP) is 1.23. The molecule has 1 atom stereocenters. The molecule has 74 valence electrons. The molecule has 0 aromatic heterocycles. The molecule has 1 heterocycles. The van der Waals surface area contributed by atoms with Crippen molar-refractivity contribution >= 4 is 23.2 Å². The fourth-order valence-electron chi connectivity index (χ4n) is 0.908. The van der Waals surface area contributed by atoms with Gasteiger partial charge in [-0.1, -0.05) is 18.2 Å². The third kappa shape index (κ3) is 2.77. The predicted molar refractivity (Wildman–Crippen MR) is 53.8 cm³/mol. The van der Waals surface area contributed by atoms with E-state index < -0.39 is 17.0 Å². The number of hydrogen-bond acceptors (Lipinski definition) is 2. The second-order valence-electron chi connectivity index (χ2n) is 2.54. The van der Waals surface area contributed by atoms with Gasteiger partial charge >= 0.3 is 0 Å². The Morgan fingerprint density at radius 2 is 2.00 bits per heavy atom. The van der Waals surface area contributed by atoms with Crippen molar-refractivity contribution in [2.24, 2.45) is 4.40 Å². The number of carbonyl (C=O) groups is 1. The van der Waals surface area contributed by atoms with Crippen LogP contribution in [0.2, 0.25) is 0 Å². The first kappa shape index (κ1) is 10.6. The summed E-state index contributed by atoms with van der Waals surface area (Å²) in [6.45, 7) is 1.08. The molecule has 4 nitrogen and oxygen atoms in total. The van der Waals surface area contributed by atoms with E-state index in [-0.39, 0.29) is 0 Å². The number of nitrogens with zero attached hydrogens (tertiary/aromatic N) is 1.